The standard InChI is InChI=1S/C21H21N5O5S2/c1-3-10-4-6-11(7-5-10)12-8-32-19-15(18(28)26(19)16(12)20(29)30)24-17(27)14(25-31-2)13-9-33-21(22)23-13/h4-7,9,15,19H,3,8H2,1-2H3,(H2,22,23)(H,24,27)(H,29,30)/b25-14-/t15-,19-/m1/s1. The van der Waals surface area contributed by atoms with Crippen LogP contribution in [0.5, 0.6) is 0 Å². The third-order valence-electron chi connectivity index (χ3n) is 5.33. The molecular weight excluding hydrogens is 466 g/mol. The van der Waals surface area contributed by atoms with Crippen LogP contribution in [0, 0.1) is 0 Å². The molecule has 2 aliphatic heterocycles. The molecule has 0 radical (unpaired) electrons. The molecule has 2 aromatic rings. The first-order valence-electron chi connectivity index (χ1n) is 9.99. The van der Waals surface area contributed by atoms with E-state index in [0.717, 1.165) is 28.9 Å². The maximum Gasteiger partial charge on any atom is 0.352 e. The lowest BCUT2D eigenvalue weighted by Gasteiger charge is -2.49. The summed E-state index contributed by atoms with van der Waals surface area (Å²) in [6, 6.07) is 6.73. The van der Waals surface area contributed by atoms with Crippen LogP contribution in [0.25, 0.3) is 5.57 Å². The number of nitrogens with zero attached hydrogens (tertiary/aromatic N) is 3. The van der Waals surface area contributed by atoms with Gasteiger partial charge in [0, 0.05) is 16.7 Å². The first-order chi connectivity index (χ1) is 15.8. The number of hydrogen-bond donors (Lipinski definition) is 3. The molecule has 172 valence electrons. The van der Waals surface area contributed by atoms with Crippen molar-refractivity contribution in [3.63, 3.8) is 0 Å². The Morgan fingerprint density at radius 2 is 2.09 bits per heavy atom. The highest BCUT2D eigenvalue weighted by atomic mass is 32.2. The van der Waals surface area contributed by atoms with Gasteiger partial charge in [-0.05, 0) is 17.5 Å². The molecule has 0 spiro atoms. The number of anilines is 1. The van der Waals surface area contributed by atoms with E-state index in [4.69, 9.17) is 10.6 Å². The highest BCUT2D eigenvalue weighted by molar-refractivity contribution is 8.00. The number of oxime groups is 1. The number of carboxylic acids is 1. The van der Waals surface area contributed by atoms with E-state index in [1.165, 1.54) is 23.8 Å². The topological polar surface area (TPSA) is 147 Å². The van der Waals surface area contributed by atoms with E-state index in [1.807, 2.05) is 31.2 Å². The lowest BCUT2D eigenvalue weighted by Crippen LogP contribution is -2.71. The predicted octanol–water partition coefficient (Wildman–Crippen LogP) is 1.53. The monoisotopic (exact) mass is 487 g/mol. The number of carbonyl (C=O) groups excluding carboxylic acids is 2. The van der Waals surface area contributed by atoms with Crippen LogP contribution in [0.15, 0.2) is 40.5 Å². The summed E-state index contributed by atoms with van der Waals surface area (Å²) in [6.45, 7) is 2.04. The van der Waals surface area contributed by atoms with Crippen molar-refractivity contribution in [2.45, 2.75) is 24.8 Å². The van der Waals surface area contributed by atoms with Gasteiger partial charge in [-0.1, -0.05) is 36.3 Å². The number of carbonyl (C=O) groups is 3. The van der Waals surface area contributed by atoms with Crippen molar-refractivity contribution in [2.75, 3.05) is 18.6 Å². The average molecular weight is 488 g/mol. The zero-order valence-corrected chi connectivity index (χ0v) is 19.4. The number of rotatable bonds is 7. The number of benzene rings is 1. The molecule has 3 heterocycles. The summed E-state index contributed by atoms with van der Waals surface area (Å²) in [5, 5.41) is 17.5. The number of aliphatic carboxylic acids is 1. The molecule has 1 fully saturated rings. The molecule has 0 aliphatic carbocycles. The number of hydrogen-bond acceptors (Lipinski definition) is 9. The van der Waals surface area contributed by atoms with Crippen LogP contribution in [0.1, 0.15) is 23.7 Å². The second-order valence-electron chi connectivity index (χ2n) is 7.24. The lowest BCUT2D eigenvalue weighted by atomic mass is 9.97. The quantitative estimate of drug-likeness (QED) is 0.303. The summed E-state index contributed by atoms with van der Waals surface area (Å²) >= 11 is 2.53. The SMILES string of the molecule is CCc1ccc(C2=C(C(=O)O)N3C(=O)[C@@H](NC(=O)/C(=N\OC)c4csc(N)n4)[C@H]3SC2)cc1. The fourth-order valence-corrected chi connectivity index (χ4v) is 5.61. The molecule has 0 unspecified atom stereocenters. The number of nitrogens with two attached hydrogens (primary N) is 1. The van der Waals surface area contributed by atoms with E-state index in [9.17, 15) is 19.5 Å². The van der Waals surface area contributed by atoms with Crippen LogP contribution in [0.4, 0.5) is 5.13 Å². The van der Waals surface area contributed by atoms with Crippen molar-refractivity contribution in [3.05, 3.63) is 52.2 Å². The Bertz CT molecular complexity index is 1170. The summed E-state index contributed by atoms with van der Waals surface area (Å²) in [5.41, 5.74) is 8.14. The van der Waals surface area contributed by atoms with E-state index >= 15 is 0 Å². The van der Waals surface area contributed by atoms with E-state index in [-0.39, 0.29) is 22.2 Å². The summed E-state index contributed by atoms with van der Waals surface area (Å²) in [4.78, 5) is 47.9. The van der Waals surface area contributed by atoms with Crippen molar-refractivity contribution >= 4 is 57.3 Å². The van der Waals surface area contributed by atoms with Gasteiger partial charge in [0.05, 0.1) is 0 Å². The van der Waals surface area contributed by atoms with Crippen LogP contribution in [0.2, 0.25) is 0 Å². The first kappa shape index (κ1) is 22.8. The fraction of sp³-hybridized carbons (Fsp3) is 0.286. The zero-order valence-electron chi connectivity index (χ0n) is 17.8. The minimum atomic E-state index is -1.19. The fourth-order valence-electron chi connectivity index (χ4n) is 3.68. The number of aryl methyl sites for hydroxylation is 1. The number of thioether (sulfide) groups is 1. The van der Waals surface area contributed by atoms with Gasteiger partial charge in [-0.15, -0.1) is 23.1 Å². The van der Waals surface area contributed by atoms with Crippen molar-refractivity contribution < 1.29 is 24.3 Å². The predicted molar refractivity (Wildman–Crippen MR) is 125 cm³/mol. The van der Waals surface area contributed by atoms with E-state index < -0.39 is 29.2 Å². The second kappa shape index (κ2) is 9.24. The second-order valence-corrected chi connectivity index (χ2v) is 9.23. The van der Waals surface area contributed by atoms with Gasteiger partial charge < -0.3 is 21.0 Å². The van der Waals surface area contributed by atoms with Crippen molar-refractivity contribution in [1.82, 2.24) is 15.2 Å². The van der Waals surface area contributed by atoms with Gasteiger partial charge in [0.1, 0.15) is 29.9 Å². The van der Waals surface area contributed by atoms with Crippen molar-refractivity contribution in [2.24, 2.45) is 5.16 Å². The first-order valence-corrected chi connectivity index (χ1v) is 11.9. The van der Waals surface area contributed by atoms with Gasteiger partial charge in [-0.2, -0.15) is 0 Å². The summed E-state index contributed by atoms with van der Waals surface area (Å²) < 4.78 is 0. The molecule has 12 heteroatoms. The zero-order chi connectivity index (χ0) is 23.7. The lowest BCUT2D eigenvalue weighted by molar-refractivity contribution is -0.149. The number of nitrogen functional groups attached to an aromatic ring is 1. The van der Waals surface area contributed by atoms with Gasteiger partial charge in [0.25, 0.3) is 11.8 Å². The van der Waals surface area contributed by atoms with Gasteiger partial charge in [0.15, 0.2) is 10.8 Å². The van der Waals surface area contributed by atoms with E-state index in [0.29, 0.717) is 11.3 Å². The average Bonchev–Trinajstić information content (AvgIpc) is 3.25. The van der Waals surface area contributed by atoms with Crippen molar-refractivity contribution in [1.29, 1.82) is 0 Å². The number of carboxylic acid groups (broad SMARTS) is 1. The molecule has 0 saturated carbocycles. The molecule has 4 rings (SSSR count). The molecular formula is C21H21N5O5S2. The van der Waals surface area contributed by atoms with Gasteiger partial charge in [0.2, 0.25) is 0 Å². The van der Waals surface area contributed by atoms with Crippen LogP contribution < -0.4 is 11.1 Å². The van der Waals surface area contributed by atoms with Gasteiger partial charge >= 0.3 is 5.97 Å². The molecule has 1 aromatic heterocycles. The Kier molecular flexibility index (Phi) is 6.38. The minimum absolute atomic E-state index is 0.0587. The van der Waals surface area contributed by atoms with E-state index in [2.05, 4.69) is 15.5 Å². The third kappa shape index (κ3) is 4.18. The Balaban J connectivity index is 1.57. The highest BCUT2D eigenvalue weighted by Crippen LogP contribution is 2.43. The van der Waals surface area contributed by atoms with Gasteiger partial charge in [-0.3, -0.25) is 14.5 Å². The molecule has 4 N–H and O–H groups in total. The summed E-state index contributed by atoms with van der Waals surface area (Å²) in [5.74, 6) is -1.97. The number of β-lactam (4-membered cyclic amide) rings is 1. The number of fused-ring (bicyclic) bond motifs is 1. The third-order valence-corrected chi connectivity index (χ3v) is 7.28. The highest BCUT2D eigenvalue weighted by Gasteiger charge is 2.54. The Hall–Kier alpha value is -3.38. The van der Waals surface area contributed by atoms with Crippen LogP contribution in [0.3, 0.4) is 0 Å². The number of aromatic nitrogens is 1. The van der Waals surface area contributed by atoms with Crippen LogP contribution >= 0.6 is 23.1 Å². The molecule has 2 aliphatic rings. The smallest absolute Gasteiger partial charge is 0.352 e. The number of nitrogens with one attached hydrogen (secondary N) is 1. The maximum absolute atomic E-state index is 12.9. The van der Waals surface area contributed by atoms with Crippen LogP contribution in [-0.4, -0.2) is 62.8 Å². The molecule has 0 bridgehead atoms. The maximum atomic E-state index is 12.9. The summed E-state index contributed by atoms with van der Waals surface area (Å²) in [6.07, 6.45) is 0.871. The molecule has 10 nitrogen and oxygen atoms in total. The molecule has 1 saturated heterocycles. The van der Waals surface area contributed by atoms with Crippen LogP contribution in [-0.2, 0) is 25.6 Å². The number of thiazole rings is 1. The normalized spacial score (nSPS) is 20.2. The van der Waals surface area contributed by atoms with Gasteiger partial charge in [-0.25, -0.2) is 9.78 Å². The molecule has 33 heavy (non-hydrogen) atoms. The Morgan fingerprint density at radius 3 is 2.67 bits per heavy atom. The Morgan fingerprint density at radius 1 is 1.36 bits per heavy atom. The molecule has 2 atom stereocenters. The van der Waals surface area contributed by atoms with E-state index in [1.54, 1.807) is 5.38 Å². The minimum Gasteiger partial charge on any atom is -0.477 e. The Labute approximate surface area is 197 Å². The number of amides is 2. The largest absolute Gasteiger partial charge is 0.477 e. The van der Waals surface area contributed by atoms with Crippen molar-refractivity contribution in [3.8, 4) is 0 Å². The summed E-state index contributed by atoms with van der Waals surface area (Å²) in [7, 11) is 1.29. The molecule has 2 amide bonds. The molecule has 1 aromatic carbocycles.